The molecule has 1 aliphatic carbocycles. The van der Waals surface area contributed by atoms with Crippen LogP contribution in [0.5, 0.6) is 5.75 Å². The van der Waals surface area contributed by atoms with Gasteiger partial charge in [0.1, 0.15) is 24.0 Å². The number of amides is 1. The average Bonchev–Trinajstić information content (AvgIpc) is 3.12. The Morgan fingerprint density at radius 1 is 1.10 bits per heavy atom. The predicted molar refractivity (Wildman–Crippen MR) is 153 cm³/mol. The van der Waals surface area contributed by atoms with Crippen molar-refractivity contribution >= 4 is 41.0 Å². The molecule has 2 aromatic rings. The highest BCUT2D eigenvalue weighted by Crippen LogP contribution is 2.57. The maximum atomic E-state index is 13.5. The number of hydrogen-bond acceptors (Lipinski definition) is 7. The summed E-state index contributed by atoms with van der Waals surface area (Å²) in [5.41, 5.74) is -0.970. The smallest absolute Gasteiger partial charge is 0.328 e. The molecule has 1 N–H and O–H groups in total. The topological polar surface area (TPSA) is 104 Å². The molecule has 218 valence electrons. The summed E-state index contributed by atoms with van der Waals surface area (Å²) in [4.78, 5) is 43.6. The van der Waals surface area contributed by atoms with Crippen molar-refractivity contribution in [2.75, 3.05) is 7.11 Å². The third kappa shape index (κ3) is 7.07. The number of pyridine rings is 1. The maximum Gasteiger partial charge on any atom is 0.328 e. The molecule has 0 radical (unpaired) electrons. The summed E-state index contributed by atoms with van der Waals surface area (Å²) in [6.45, 7) is 11.3. The second-order valence-corrected chi connectivity index (χ2v) is 12.7. The number of aromatic nitrogens is 1. The molecular weight excluding hydrogens is 555 g/mol. The second kappa shape index (κ2) is 12.4. The normalized spacial score (nSPS) is 20.9. The summed E-state index contributed by atoms with van der Waals surface area (Å²) < 4.78 is 16.4. The molecular formula is C30H38Cl2N2O6. The summed E-state index contributed by atoms with van der Waals surface area (Å²) in [7, 11) is 1.27. The number of rotatable bonds is 9. The van der Waals surface area contributed by atoms with Gasteiger partial charge in [0.2, 0.25) is 5.91 Å². The van der Waals surface area contributed by atoms with Crippen molar-refractivity contribution < 1.29 is 28.6 Å². The van der Waals surface area contributed by atoms with E-state index < -0.39 is 34.4 Å². The van der Waals surface area contributed by atoms with Crippen LogP contribution >= 0.6 is 23.2 Å². The lowest BCUT2D eigenvalue weighted by atomic mass is 9.65. The Morgan fingerprint density at radius 3 is 2.30 bits per heavy atom. The van der Waals surface area contributed by atoms with E-state index in [4.69, 9.17) is 37.4 Å². The fourth-order valence-electron chi connectivity index (χ4n) is 4.98. The lowest BCUT2D eigenvalue weighted by Gasteiger charge is -2.40. The zero-order chi connectivity index (χ0) is 29.9. The van der Waals surface area contributed by atoms with E-state index in [0.29, 0.717) is 39.9 Å². The molecule has 3 atom stereocenters. The summed E-state index contributed by atoms with van der Waals surface area (Å²) in [5, 5.41) is 3.86. The summed E-state index contributed by atoms with van der Waals surface area (Å²) in [6, 6.07) is 7.70. The standard InChI is InChI=1S/C30H38Cl2N2O6/c1-28(2,3)40-27(37)30(6)14-13-21(29(30,4)5)25(35)34-24(26(36)38-7)15-18-11-12-19(16-33-18)39-17-20-22(31)9-8-10-23(20)32/h8-12,16,21,24H,13-15,17H2,1-7H3,(H,34,35). The second-order valence-electron chi connectivity index (χ2n) is 11.9. The molecule has 3 unspecified atom stereocenters. The first-order chi connectivity index (χ1) is 18.6. The van der Waals surface area contributed by atoms with Gasteiger partial charge in [0, 0.05) is 33.6 Å². The van der Waals surface area contributed by atoms with E-state index in [1.54, 1.807) is 30.3 Å². The van der Waals surface area contributed by atoms with Gasteiger partial charge in [-0.25, -0.2) is 4.79 Å². The number of esters is 2. The van der Waals surface area contributed by atoms with Crippen LogP contribution in [0.4, 0.5) is 0 Å². The van der Waals surface area contributed by atoms with Crippen molar-refractivity contribution in [1.82, 2.24) is 10.3 Å². The lowest BCUT2D eigenvalue weighted by molar-refractivity contribution is -0.173. The van der Waals surface area contributed by atoms with Crippen LogP contribution in [0, 0.1) is 16.7 Å². The number of hydrogen-bond donors (Lipinski definition) is 1. The molecule has 1 amide bonds. The van der Waals surface area contributed by atoms with Crippen LogP contribution in [0.2, 0.25) is 10.0 Å². The zero-order valence-electron chi connectivity index (χ0n) is 24.1. The van der Waals surface area contributed by atoms with Crippen LogP contribution in [0.15, 0.2) is 36.5 Å². The van der Waals surface area contributed by atoms with Crippen LogP contribution in [0.25, 0.3) is 0 Å². The van der Waals surface area contributed by atoms with E-state index in [2.05, 4.69) is 10.3 Å². The molecule has 0 aliphatic heterocycles. The number of ether oxygens (including phenoxy) is 3. The van der Waals surface area contributed by atoms with Crippen LogP contribution in [0.3, 0.4) is 0 Å². The van der Waals surface area contributed by atoms with Gasteiger partial charge in [-0.05, 0) is 70.2 Å². The third-order valence-electron chi connectivity index (χ3n) is 7.85. The molecule has 1 aromatic heterocycles. The van der Waals surface area contributed by atoms with Gasteiger partial charge in [0.15, 0.2) is 0 Å². The fraction of sp³-hybridized carbons (Fsp3) is 0.533. The molecule has 1 heterocycles. The van der Waals surface area contributed by atoms with E-state index in [9.17, 15) is 14.4 Å². The van der Waals surface area contributed by atoms with Crippen molar-refractivity contribution in [3.8, 4) is 5.75 Å². The van der Waals surface area contributed by atoms with Crippen LogP contribution < -0.4 is 10.1 Å². The number of halogens is 2. The molecule has 1 fully saturated rings. The summed E-state index contributed by atoms with van der Waals surface area (Å²) >= 11 is 12.4. The average molecular weight is 594 g/mol. The first-order valence-electron chi connectivity index (χ1n) is 13.2. The van der Waals surface area contributed by atoms with Crippen molar-refractivity contribution in [2.45, 2.75) is 79.1 Å². The quantitative estimate of drug-likeness (QED) is 0.359. The molecule has 0 bridgehead atoms. The SMILES string of the molecule is COC(=O)C(Cc1ccc(OCc2c(Cl)cccc2Cl)cn1)NC(=O)C1CCC(C)(C(=O)OC(C)(C)C)C1(C)C. The predicted octanol–water partition coefficient (Wildman–Crippen LogP) is 5.95. The van der Waals surface area contributed by atoms with Crippen molar-refractivity contribution in [2.24, 2.45) is 16.7 Å². The van der Waals surface area contributed by atoms with Gasteiger partial charge >= 0.3 is 11.9 Å². The van der Waals surface area contributed by atoms with E-state index in [-0.39, 0.29) is 24.9 Å². The summed E-state index contributed by atoms with van der Waals surface area (Å²) in [5.74, 6) is -1.24. The van der Waals surface area contributed by atoms with Gasteiger partial charge in [-0.1, -0.05) is 43.1 Å². The monoisotopic (exact) mass is 592 g/mol. The highest BCUT2D eigenvalue weighted by molar-refractivity contribution is 6.35. The Hall–Kier alpha value is -2.84. The zero-order valence-corrected chi connectivity index (χ0v) is 25.6. The van der Waals surface area contributed by atoms with Gasteiger partial charge in [-0.15, -0.1) is 0 Å². The lowest BCUT2D eigenvalue weighted by Crippen LogP contribution is -2.51. The summed E-state index contributed by atoms with van der Waals surface area (Å²) in [6.07, 6.45) is 2.63. The van der Waals surface area contributed by atoms with Crippen molar-refractivity contribution in [3.63, 3.8) is 0 Å². The first kappa shape index (κ1) is 31.7. The minimum Gasteiger partial charge on any atom is -0.487 e. The molecule has 1 aromatic carbocycles. The molecule has 0 spiro atoms. The number of nitrogens with zero attached hydrogens (tertiary/aromatic N) is 1. The van der Waals surface area contributed by atoms with Gasteiger partial charge < -0.3 is 19.5 Å². The number of nitrogens with one attached hydrogen (secondary N) is 1. The van der Waals surface area contributed by atoms with E-state index in [1.807, 2.05) is 41.5 Å². The van der Waals surface area contributed by atoms with Gasteiger partial charge in [-0.3, -0.25) is 14.6 Å². The fourth-order valence-corrected chi connectivity index (χ4v) is 5.48. The molecule has 10 heteroatoms. The Bertz CT molecular complexity index is 1220. The van der Waals surface area contributed by atoms with Crippen LogP contribution in [-0.4, -0.2) is 41.6 Å². The Labute approximate surface area is 246 Å². The molecule has 0 saturated heterocycles. The number of methoxy groups -OCH3 is 1. The van der Waals surface area contributed by atoms with E-state index in [1.165, 1.54) is 13.3 Å². The largest absolute Gasteiger partial charge is 0.487 e. The van der Waals surface area contributed by atoms with Gasteiger partial charge in [-0.2, -0.15) is 0 Å². The number of carbonyl (C=O) groups is 3. The number of carbonyl (C=O) groups excluding carboxylic acids is 3. The minimum atomic E-state index is -0.956. The molecule has 1 aliphatic rings. The maximum absolute atomic E-state index is 13.5. The van der Waals surface area contributed by atoms with E-state index in [0.717, 1.165) is 0 Å². The molecule has 40 heavy (non-hydrogen) atoms. The highest BCUT2D eigenvalue weighted by Gasteiger charge is 2.59. The van der Waals surface area contributed by atoms with Gasteiger partial charge in [0.05, 0.1) is 18.7 Å². The third-order valence-corrected chi connectivity index (χ3v) is 8.56. The van der Waals surface area contributed by atoms with Crippen LogP contribution in [0.1, 0.15) is 65.6 Å². The first-order valence-corrected chi connectivity index (χ1v) is 14.0. The minimum absolute atomic E-state index is 0.117. The van der Waals surface area contributed by atoms with E-state index >= 15 is 0 Å². The van der Waals surface area contributed by atoms with Gasteiger partial charge in [0.25, 0.3) is 0 Å². The highest BCUT2D eigenvalue weighted by atomic mass is 35.5. The molecule has 1 saturated carbocycles. The Morgan fingerprint density at radius 2 is 1.75 bits per heavy atom. The molecule has 3 rings (SSSR count). The molecule has 8 nitrogen and oxygen atoms in total. The van der Waals surface area contributed by atoms with Crippen molar-refractivity contribution in [3.05, 3.63) is 57.8 Å². The number of benzene rings is 1. The Kier molecular flexibility index (Phi) is 9.78. The van der Waals surface area contributed by atoms with Crippen LogP contribution in [-0.2, 0) is 36.9 Å². The Balaban J connectivity index is 1.68. The van der Waals surface area contributed by atoms with Crippen molar-refractivity contribution in [1.29, 1.82) is 0 Å².